The maximum atomic E-state index is 12.6. The summed E-state index contributed by atoms with van der Waals surface area (Å²) < 4.78 is 0. The summed E-state index contributed by atoms with van der Waals surface area (Å²) in [6.07, 6.45) is 3.16. The van der Waals surface area contributed by atoms with Gasteiger partial charge >= 0.3 is 0 Å². The van der Waals surface area contributed by atoms with Gasteiger partial charge in [-0.05, 0) is 44.2 Å². The number of carbonyl (C=O) groups is 2. The molecule has 2 aliphatic rings. The van der Waals surface area contributed by atoms with Crippen LogP contribution in [0.2, 0.25) is 0 Å². The molecule has 5 heteroatoms. The van der Waals surface area contributed by atoms with Crippen molar-refractivity contribution in [2.75, 3.05) is 26.7 Å². The fourth-order valence-corrected chi connectivity index (χ4v) is 3.85. The monoisotopic (exact) mass is 329 g/mol. The zero-order valence-corrected chi connectivity index (χ0v) is 14.8. The normalized spacial score (nSPS) is 23.7. The number of hydrogen-bond donors (Lipinski definition) is 1. The number of fused-ring (bicyclic) bond motifs is 1. The summed E-state index contributed by atoms with van der Waals surface area (Å²) in [5.41, 5.74) is 1.95. The first-order valence-corrected chi connectivity index (χ1v) is 8.77. The number of amides is 2. The summed E-state index contributed by atoms with van der Waals surface area (Å²) in [5.74, 6) is 0.0756. The lowest BCUT2D eigenvalue weighted by atomic mass is 9.87. The summed E-state index contributed by atoms with van der Waals surface area (Å²) in [5, 5.41) is 3.18. The molecule has 1 saturated heterocycles. The lowest BCUT2D eigenvalue weighted by Gasteiger charge is -2.44. The van der Waals surface area contributed by atoms with Gasteiger partial charge < -0.3 is 10.2 Å². The fourth-order valence-electron chi connectivity index (χ4n) is 3.85. The Kier molecular flexibility index (Phi) is 4.63. The molecule has 0 unspecified atom stereocenters. The van der Waals surface area contributed by atoms with Crippen LogP contribution < -0.4 is 5.32 Å². The highest BCUT2D eigenvalue weighted by Gasteiger charge is 2.41. The van der Waals surface area contributed by atoms with Gasteiger partial charge in [0.15, 0.2) is 0 Å². The van der Waals surface area contributed by atoms with E-state index in [-0.39, 0.29) is 24.4 Å². The minimum atomic E-state index is -0.630. The second kappa shape index (κ2) is 6.55. The molecular weight excluding hydrogens is 302 g/mol. The van der Waals surface area contributed by atoms with Crippen molar-refractivity contribution >= 4 is 11.8 Å². The van der Waals surface area contributed by atoms with Gasteiger partial charge in [0.25, 0.3) is 0 Å². The quantitative estimate of drug-likeness (QED) is 0.919. The minimum Gasteiger partial charge on any atom is -0.348 e. The van der Waals surface area contributed by atoms with Gasteiger partial charge in [0.05, 0.1) is 18.1 Å². The van der Waals surface area contributed by atoms with Crippen molar-refractivity contribution in [3.05, 3.63) is 35.4 Å². The number of rotatable bonds is 3. The van der Waals surface area contributed by atoms with Crippen LogP contribution in [0.15, 0.2) is 24.3 Å². The maximum Gasteiger partial charge on any atom is 0.242 e. The molecule has 1 aliphatic carbocycles. The third kappa shape index (κ3) is 3.18. The van der Waals surface area contributed by atoms with E-state index in [4.69, 9.17) is 0 Å². The van der Waals surface area contributed by atoms with Crippen LogP contribution in [0, 0.1) is 0 Å². The van der Waals surface area contributed by atoms with E-state index < -0.39 is 5.54 Å². The predicted octanol–water partition coefficient (Wildman–Crippen LogP) is 1.73. The summed E-state index contributed by atoms with van der Waals surface area (Å²) in [6, 6.07) is 8.44. The molecule has 130 valence electrons. The van der Waals surface area contributed by atoms with E-state index in [0.29, 0.717) is 6.54 Å². The first kappa shape index (κ1) is 17.0. The molecule has 1 heterocycles. The third-order valence-corrected chi connectivity index (χ3v) is 5.41. The van der Waals surface area contributed by atoms with Gasteiger partial charge in [-0.3, -0.25) is 14.5 Å². The number of nitrogens with zero attached hydrogens (tertiary/aromatic N) is 2. The molecule has 0 spiro atoms. The largest absolute Gasteiger partial charge is 0.348 e. The molecule has 1 fully saturated rings. The molecule has 0 bridgehead atoms. The Morgan fingerprint density at radius 2 is 2.04 bits per heavy atom. The van der Waals surface area contributed by atoms with Gasteiger partial charge in [0.1, 0.15) is 0 Å². The van der Waals surface area contributed by atoms with Crippen molar-refractivity contribution in [3.8, 4) is 0 Å². The van der Waals surface area contributed by atoms with E-state index in [1.54, 1.807) is 4.90 Å². The predicted molar refractivity (Wildman–Crippen MR) is 93.6 cm³/mol. The van der Waals surface area contributed by atoms with E-state index in [1.807, 2.05) is 31.9 Å². The molecule has 0 radical (unpaired) electrons. The Balaban J connectivity index is 1.66. The van der Waals surface area contributed by atoms with Gasteiger partial charge in [-0.15, -0.1) is 0 Å². The second-order valence-electron chi connectivity index (χ2n) is 7.42. The lowest BCUT2D eigenvalue weighted by molar-refractivity contribution is -0.148. The Morgan fingerprint density at radius 3 is 2.83 bits per heavy atom. The lowest BCUT2D eigenvalue weighted by Crippen LogP contribution is -2.63. The molecule has 1 aliphatic heterocycles. The van der Waals surface area contributed by atoms with Crippen LogP contribution in [-0.2, 0) is 16.0 Å². The molecule has 1 N–H and O–H groups in total. The average Bonchev–Trinajstić information content (AvgIpc) is 2.56. The number of likely N-dealkylation sites (N-methyl/N-ethyl adjacent to an activating group) is 1. The van der Waals surface area contributed by atoms with Crippen molar-refractivity contribution in [3.63, 3.8) is 0 Å². The Bertz CT molecular complexity index is 641. The van der Waals surface area contributed by atoms with E-state index in [9.17, 15) is 9.59 Å². The van der Waals surface area contributed by atoms with Crippen molar-refractivity contribution in [2.24, 2.45) is 0 Å². The zero-order chi connectivity index (χ0) is 17.3. The van der Waals surface area contributed by atoms with E-state index in [2.05, 4.69) is 23.5 Å². The molecule has 24 heavy (non-hydrogen) atoms. The molecule has 3 rings (SSSR count). The van der Waals surface area contributed by atoms with Crippen LogP contribution in [0.4, 0.5) is 0 Å². The SMILES string of the molecule is CN1CCN(CC(=O)N[C@@H]2CCCc3ccccc32)C(C)(C)C1=O. The molecule has 1 aromatic carbocycles. The Morgan fingerprint density at radius 1 is 1.29 bits per heavy atom. The minimum absolute atomic E-state index is 0.00197. The van der Waals surface area contributed by atoms with Crippen LogP contribution >= 0.6 is 0 Å². The highest BCUT2D eigenvalue weighted by Crippen LogP contribution is 2.29. The number of nitrogens with one attached hydrogen (secondary N) is 1. The molecule has 0 saturated carbocycles. The molecule has 5 nitrogen and oxygen atoms in total. The third-order valence-electron chi connectivity index (χ3n) is 5.41. The van der Waals surface area contributed by atoms with Crippen LogP contribution in [0.1, 0.15) is 43.9 Å². The van der Waals surface area contributed by atoms with Crippen molar-refractivity contribution in [2.45, 2.75) is 44.7 Å². The van der Waals surface area contributed by atoms with Gasteiger partial charge in [0.2, 0.25) is 11.8 Å². The number of benzene rings is 1. The smallest absolute Gasteiger partial charge is 0.242 e. The highest BCUT2D eigenvalue weighted by atomic mass is 16.2. The number of hydrogen-bond acceptors (Lipinski definition) is 3. The molecule has 1 atom stereocenters. The number of piperazine rings is 1. The zero-order valence-electron chi connectivity index (χ0n) is 14.8. The summed E-state index contributed by atoms with van der Waals surface area (Å²) in [4.78, 5) is 28.7. The Hall–Kier alpha value is -1.88. The average molecular weight is 329 g/mol. The number of carbonyl (C=O) groups excluding carboxylic acids is 2. The Labute approximate surface area is 144 Å². The summed E-state index contributed by atoms with van der Waals surface area (Å²) >= 11 is 0. The van der Waals surface area contributed by atoms with Crippen molar-refractivity contribution < 1.29 is 9.59 Å². The van der Waals surface area contributed by atoms with Crippen molar-refractivity contribution in [1.29, 1.82) is 0 Å². The van der Waals surface area contributed by atoms with E-state index in [1.165, 1.54) is 11.1 Å². The van der Waals surface area contributed by atoms with Crippen LogP contribution in [0.25, 0.3) is 0 Å². The molecule has 1 aromatic rings. The van der Waals surface area contributed by atoms with Crippen LogP contribution in [0.5, 0.6) is 0 Å². The summed E-state index contributed by atoms with van der Waals surface area (Å²) in [6.45, 7) is 5.46. The first-order valence-electron chi connectivity index (χ1n) is 8.77. The highest BCUT2D eigenvalue weighted by molar-refractivity contribution is 5.87. The van der Waals surface area contributed by atoms with Gasteiger partial charge in [0, 0.05) is 20.1 Å². The van der Waals surface area contributed by atoms with Gasteiger partial charge in [-0.2, -0.15) is 0 Å². The van der Waals surface area contributed by atoms with Gasteiger partial charge in [-0.25, -0.2) is 0 Å². The topological polar surface area (TPSA) is 52.6 Å². The van der Waals surface area contributed by atoms with E-state index >= 15 is 0 Å². The summed E-state index contributed by atoms with van der Waals surface area (Å²) in [7, 11) is 1.82. The maximum absolute atomic E-state index is 12.6. The standard InChI is InChI=1S/C19H27N3O2/c1-19(2)18(24)21(3)11-12-22(19)13-17(23)20-16-10-6-8-14-7-4-5-9-15(14)16/h4-5,7,9,16H,6,8,10-13H2,1-3H3,(H,20,23)/t16-/m1/s1. The van der Waals surface area contributed by atoms with Gasteiger partial charge in [-0.1, -0.05) is 24.3 Å². The van der Waals surface area contributed by atoms with Crippen LogP contribution in [-0.4, -0.2) is 53.8 Å². The number of aryl methyl sites for hydroxylation is 1. The molecular formula is C19H27N3O2. The second-order valence-corrected chi connectivity index (χ2v) is 7.42. The molecule has 2 amide bonds. The first-order chi connectivity index (χ1) is 11.4. The van der Waals surface area contributed by atoms with Crippen molar-refractivity contribution in [1.82, 2.24) is 15.1 Å². The fraction of sp³-hybridized carbons (Fsp3) is 0.579. The molecule has 0 aromatic heterocycles. The van der Waals surface area contributed by atoms with Crippen LogP contribution in [0.3, 0.4) is 0 Å². The van der Waals surface area contributed by atoms with E-state index in [0.717, 1.165) is 25.8 Å².